The van der Waals surface area contributed by atoms with Crippen molar-refractivity contribution in [2.45, 2.75) is 38.1 Å². The molecule has 0 saturated carbocycles. The Labute approximate surface area is 134 Å². The third-order valence-corrected chi connectivity index (χ3v) is 4.10. The number of hydrogen-bond acceptors (Lipinski definition) is 3. The summed E-state index contributed by atoms with van der Waals surface area (Å²) in [7, 11) is 1.55. The zero-order chi connectivity index (χ0) is 16.8. The number of likely N-dealkylation sites (tertiary alicyclic amines) is 1. The van der Waals surface area contributed by atoms with E-state index in [1.807, 2.05) is 0 Å². The van der Waals surface area contributed by atoms with E-state index in [-0.39, 0.29) is 30.4 Å². The number of benzene rings is 1. The van der Waals surface area contributed by atoms with Crippen LogP contribution in [0.15, 0.2) is 24.3 Å². The Hall–Kier alpha value is -2.24. The van der Waals surface area contributed by atoms with E-state index < -0.39 is 11.9 Å². The Morgan fingerprint density at radius 3 is 2.52 bits per heavy atom. The topological polar surface area (TPSA) is 66.5 Å². The number of ketones is 1. The molecule has 1 aromatic carbocycles. The summed E-state index contributed by atoms with van der Waals surface area (Å²) in [5.41, 5.74) is 0.390. The summed E-state index contributed by atoms with van der Waals surface area (Å²) in [6, 6.07) is 4.83. The van der Waals surface area contributed by atoms with E-state index in [4.69, 9.17) is 0 Å². The normalized spacial score (nSPS) is 17.7. The van der Waals surface area contributed by atoms with Crippen LogP contribution in [-0.4, -0.2) is 42.1 Å². The van der Waals surface area contributed by atoms with E-state index in [9.17, 15) is 18.8 Å². The monoisotopic (exact) mass is 320 g/mol. The maximum atomic E-state index is 12.8. The molecule has 124 valence electrons. The minimum Gasteiger partial charge on any atom is -0.357 e. The van der Waals surface area contributed by atoms with Gasteiger partial charge in [0.1, 0.15) is 11.9 Å². The summed E-state index contributed by atoms with van der Waals surface area (Å²) in [5, 5.41) is 2.58. The third-order valence-electron chi connectivity index (χ3n) is 4.10. The molecule has 5 nitrogen and oxygen atoms in total. The molecule has 0 radical (unpaired) electrons. The van der Waals surface area contributed by atoms with Gasteiger partial charge in [0, 0.05) is 32.0 Å². The lowest BCUT2D eigenvalue weighted by molar-refractivity contribution is -0.142. The SMILES string of the molecule is CNC(=O)[C@H]1CCCCN1C(=O)CCC(=O)c1ccc(F)cc1. The average Bonchev–Trinajstić information content (AvgIpc) is 2.59. The van der Waals surface area contributed by atoms with Crippen molar-refractivity contribution in [1.82, 2.24) is 10.2 Å². The van der Waals surface area contributed by atoms with Crippen molar-refractivity contribution in [3.8, 4) is 0 Å². The number of piperidine rings is 1. The predicted molar refractivity (Wildman–Crippen MR) is 83.4 cm³/mol. The second kappa shape index (κ2) is 7.85. The van der Waals surface area contributed by atoms with Crippen LogP contribution in [0.4, 0.5) is 4.39 Å². The number of carbonyl (C=O) groups is 3. The van der Waals surface area contributed by atoms with Gasteiger partial charge in [0.05, 0.1) is 0 Å². The Balaban J connectivity index is 1.93. The molecule has 0 bridgehead atoms. The fraction of sp³-hybridized carbons (Fsp3) is 0.471. The zero-order valence-corrected chi connectivity index (χ0v) is 13.2. The van der Waals surface area contributed by atoms with Gasteiger partial charge in [-0.25, -0.2) is 4.39 Å². The lowest BCUT2D eigenvalue weighted by Crippen LogP contribution is -2.51. The number of halogens is 1. The Morgan fingerprint density at radius 1 is 1.17 bits per heavy atom. The molecule has 6 heteroatoms. The molecule has 23 heavy (non-hydrogen) atoms. The molecule has 0 spiro atoms. The fourth-order valence-electron chi connectivity index (χ4n) is 2.81. The minimum atomic E-state index is -0.442. The third kappa shape index (κ3) is 4.37. The zero-order valence-electron chi connectivity index (χ0n) is 13.2. The summed E-state index contributed by atoms with van der Waals surface area (Å²) in [5.74, 6) is -0.956. The standard InChI is InChI=1S/C17H21FN2O3/c1-19-17(23)14-4-2-3-11-20(14)16(22)10-9-15(21)12-5-7-13(18)8-6-12/h5-8,14H,2-4,9-11H2,1H3,(H,19,23)/t14-/m1/s1. The Morgan fingerprint density at radius 2 is 1.87 bits per heavy atom. The second-order valence-corrected chi connectivity index (χ2v) is 5.64. The van der Waals surface area contributed by atoms with Crippen molar-refractivity contribution < 1.29 is 18.8 Å². The Bertz CT molecular complexity index is 586. The largest absolute Gasteiger partial charge is 0.357 e. The predicted octanol–water partition coefficient (Wildman–Crippen LogP) is 1.92. The van der Waals surface area contributed by atoms with Gasteiger partial charge in [-0.15, -0.1) is 0 Å². The van der Waals surface area contributed by atoms with Crippen LogP contribution in [0.1, 0.15) is 42.5 Å². The van der Waals surface area contributed by atoms with E-state index in [2.05, 4.69) is 5.32 Å². The summed E-state index contributed by atoms with van der Waals surface area (Å²) >= 11 is 0. The highest BCUT2D eigenvalue weighted by molar-refractivity contribution is 5.98. The molecule has 1 saturated heterocycles. The Kier molecular flexibility index (Phi) is 5.84. The number of Topliss-reactive ketones (excluding diaryl/α,β-unsaturated/α-hetero) is 1. The first-order valence-electron chi connectivity index (χ1n) is 7.82. The molecule has 0 aliphatic carbocycles. The van der Waals surface area contributed by atoms with Gasteiger partial charge in [-0.3, -0.25) is 14.4 Å². The molecular weight excluding hydrogens is 299 g/mol. The van der Waals surface area contributed by atoms with Gasteiger partial charge in [0.2, 0.25) is 11.8 Å². The van der Waals surface area contributed by atoms with Crippen molar-refractivity contribution in [2.24, 2.45) is 0 Å². The van der Waals surface area contributed by atoms with Crippen molar-refractivity contribution in [1.29, 1.82) is 0 Å². The highest BCUT2D eigenvalue weighted by Crippen LogP contribution is 2.19. The molecule has 1 aromatic rings. The number of likely N-dealkylation sites (N-methyl/N-ethyl adjacent to an activating group) is 1. The fourth-order valence-corrected chi connectivity index (χ4v) is 2.81. The molecule has 1 atom stereocenters. The summed E-state index contributed by atoms with van der Waals surface area (Å²) in [6.45, 7) is 0.543. The quantitative estimate of drug-likeness (QED) is 0.843. The number of nitrogens with zero attached hydrogens (tertiary/aromatic N) is 1. The van der Waals surface area contributed by atoms with E-state index >= 15 is 0 Å². The summed E-state index contributed by atoms with van der Waals surface area (Å²) in [4.78, 5) is 37.8. The molecular formula is C17H21FN2O3. The van der Waals surface area contributed by atoms with Gasteiger partial charge < -0.3 is 10.2 Å². The minimum absolute atomic E-state index is 0.0570. The molecule has 2 rings (SSSR count). The molecule has 1 fully saturated rings. The number of nitrogens with one attached hydrogen (secondary N) is 1. The van der Waals surface area contributed by atoms with Gasteiger partial charge in [0.25, 0.3) is 0 Å². The van der Waals surface area contributed by atoms with E-state index in [0.717, 1.165) is 12.8 Å². The van der Waals surface area contributed by atoms with E-state index in [0.29, 0.717) is 18.5 Å². The van der Waals surface area contributed by atoms with Crippen LogP contribution < -0.4 is 5.32 Å². The van der Waals surface area contributed by atoms with Crippen LogP contribution in [0, 0.1) is 5.82 Å². The second-order valence-electron chi connectivity index (χ2n) is 5.64. The van der Waals surface area contributed by atoms with Crippen LogP contribution in [-0.2, 0) is 9.59 Å². The van der Waals surface area contributed by atoms with Crippen LogP contribution >= 0.6 is 0 Å². The van der Waals surface area contributed by atoms with Crippen LogP contribution in [0.2, 0.25) is 0 Å². The average molecular weight is 320 g/mol. The smallest absolute Gasteiger partial charge is 0.242 e. The van der Waals surface area contributed by atoms with Gasteiger partial charge in [-0.05, 0) is 43.5 Å². The summed E-state index contributed by atoms with van der Waals surface area (Å²) in [6.07, 6.45) is 2.55. The summed E-state index contributed by atoms with van der Waals surface area (Å²) < 4.78 is 12.8. The maximum Gasteiger partial charge on any atom is 0.242 e. The molecule has 1 heterocycles. The first-order chi connectivity index (χ1) is 11.0. The molecule has 0 aromatic heterocycles. The lowest BCUT2D eigenvalue weighted by Gasteiger charge is -2.34. The van der Waals surface area contributed by atoms with Gasteiger partial charge >= 0.3 is 0 Å². The van der Waals surface area contributed by atoms with E-state index in [1.165, 1.54) is 24.3 Å². The first-order valence-corrected chi connectivity index (χ1v) is 7.82. The van der Waals surface area contributed by atoms with Crippen molar-refractivity contribution in [3.63, 3.8) is 0 Å². The molecule has 2 amide bonds. The highest BCUT2D eigenvalue weighted by Gasteiger charge is 2.31. The van der Waals surface area contributed by atoms with Crippen molar-refractivity contribution in [3.05, 3.63) is 35.6 Å². The molecule has 1 aliphatic rings. The van der Waals surface area contributed by atoms with Gasteiger partial charge in [-0.2, -0.15) is 0 Å². The van der Waals surface area contributed by atoms with Crippen molar-refractivity contribution >= 4 is 17.6 Å². The maximum absolute atomic E-state index is 12.8. The van der Waals surface area contributed by atoms with Gasteiger partial charge in [0.15, 0.2) is 5.78 Å². The number of hydrogen-bond donors (Lipinski definition) is 1. The van der Waals surface area contributed by atoms with Gasteiger partial charge in [-0.1, -0.05) is 0 Å². The van der Waals surface area contributed by atoms with Crippen molar-refractivity contribution in [2.75, 3.05) is 13.6 Å². The lowest BCUT2D eigenvalue weighted by atomic mass is 10.00. The van der Waals surface area contributed by atoms with Crippen LogP contribution in [0.5, 0.6) is 0 Å². The first kappa shape index (κ1) is 17.1. The number of amides is 2. The number of rotatable bonds is 5. The molecule has 1 aliphatic heterocycles. The van der Waals surface area contributed by atoms with E-state index in [1.54, 1.807) is 11.9 Å². The van der Waals surface area contributed by atoms with Crippen LogP contribution in [0.25, 0.3) is 0 Å². The molecule has 1 N–H and O–H groups in total. The number of carbonyl (C=O) groups excluding carboxylic acids is 3. The highest BCUT2D eigenvalue weighted by atomic mass is 19.1. The van der Waals surface area contributed by atoms with Crippen LogP contribution in [0.3, 0.4) is 0 Å². The molecule has 0 unspecified atom stereocenters.